The monoisotopic (exact) mass is 210 g/mol. The third-order valence-corrected chi connectivity index (χ3v) is 3.60. The summed E-state index contributed by atoms with van der Waals surface area (Å²) >= 11 is 0. The number of hydrogen-bond acceptors (Lipinski definition) is 3. The molecule has 2 unspecified atom stereocenters. The summed E-state index contributed by atoms with van der Waals surface area (Å²) in [6.07, 6.45) is 2.03. The fourth-order valence-electron chi connectivity index (χ4n) is 2.85. The van der Waals surface area contributed by atoms with Gasteiger partial charge >= 0.3 is 0 Å². The summed E-state index contributed by atoms with van der Waals surface area (Å²) in [7, 11) is 0. The lowest BCUT2D eigenvalue weighted by atomic mass is 9.75. The first-order chi connectivity index (χ1) is 7.09. The molecule has 2 atom stereocenters. The molecule has 2 aliphatic heterocycles. The molecular formula is C11H18N2O2. The van der Waals surface area contributed by atoms with Crippen molar-refractivity contribution in [3.05, 3.63) is 0 Å². The lowest BCUT2D eigenvalue weighted by Crippen LogP contribution is -2.46. The maximum Gasteiger partial charge on any atom is 0.236 e. The van der Waals surface area contributed by atoms with Crippen LogP contribution in [0.15, 0.2) is 0 Å². The number of likely N-dealkylation sites (tertiary alicyclic amines) is 1. The number of amides is 2. The average molecular weight is 210 g/mol. The molecule has 15 heavy (non-hydrogen) atoms. The third-order valence-electron chi connectivity index (χ3n) is 3.60. The lowest BCUT2D eigenvalue weighted by molar-refractivity contribution is -0.142. The van der Waals surface area contributed by atoms with Crippen LogP contribution < -0.4 is 5.32 Å². The molecule has 2 rings (SSSR count). The van der Waals surface area contributed by atoms with Gasteiger partial charge in [0.2, 0.25) is 11.8 Å². The molecule has 0 bridgehead atoms. The van der Waals surface area contributed by atoms with Gasteiger partial charge in [0.1, 0.15) is 0 Å². The summed E-state index contributed by atoms with van der Waals surface area (Å²) in [5.41, 5.74) is -0.377. The molecular weight excluding hydrogens is 192 g/mol. The number of imide groups is 1. The van der Waals surface area contributed by atoms with Crippen molar-refractivity contribution in [2.45, 2.75) is 39.2 Å². The van der Waals surface area contributed by atoms with Crippen LogP contribution in [0.2, 0.25) is 0 Å². The predicted molar refractivity (Wildman–Crippen MR) is 56.1 cm³/mol. The Bertz CT molecular complexity index is 303. The Morgan fingerprint density at radius 1 is 1.53 bits per heavy atom. The molecule has 2 saturated heterocycles. The van der Waals surface area contributed by atoms with Crippen LogP contribution in [0.4, 0.5) is 0 Å². The second-order valence-corrected chi connectivity index (χ2v) is 4.71. The summed E-state index contributed by atoms with van der Waals surface area (Å²) in [4.78, 5) is 25.2. The van der Waals surface area contributed by atoms with Gasteiger partial charge < -0.3 is 5.32 Å². The average Bonchev–Trinajstić information content (AvgIpc) is 2.38. The molecule has 4 nitrogen and oxygen atoms in total. The van der Waals surface area contributed by atoms with Gasteiger partial charge in [-0.15, -0.1) is 0 Å². The molecule has 0 aromatic heterocycles. The molecule has 0 saturated carbocycles. The van der Waals surface area contributed by atoms with Crippen molar-refractivity contribution in [2.24, 2.45) is 5.41 Å². The second kappa shape index (κ2) is 3.59. The highest BCUT2D eigenvalue weighted by atomic mass is 16.2. The summed E-state index contributed by atoms with van der Waals surface area (Å²) in [5, 5.41) is 3.32. The summed E-state index contributed by atoms with van der Waals surface area (Å²) in [6, 6.07) is 0.340. The van der Waals surface area contributed by atoms with Crippen LogP contribution in [0.25, 0.3) is 0 Å². The first-order valence-electron chi connectivity index (χ1n) is 5.67. The van der Waals surface area contributed by atoms with E-state index in [-0.39, 0.29) is 17.2 Å². The number of nitrogens with zero attached hydrogens (tertiary/aromatic N) is 1. The minimum Gasteiger partial charge on any atom is -0.314 e. The van der Waals surface area contributed by atoms with Crippen molar-refractivity contribution >= 4 is 11.8 Å². The maximum absolute atomic E-state index is 12.1. The lowest BCUT2D eigenvalue weighted by Gasteiger charge is -2.35. The largest absolute Gasteiger partial charge is 0.314 e. The number of nitrogens with one attached hydrogen (secondary N) is 1. The molecule has 2 heterocycles. The molecule has 0 aliphatic carbocycles. The highest BCUT2D eigenvalue weighted by Gasteiger charge is 2.52. The molecule has 1 N–H and O–H groups in total. The van der Waals surface area contributed by atoms with E-state index in [1.165, 1.54) is 4.90 Å². The van der Waals surface area contributed by atoms with Crippen LogP contribution in [0.1, 0.15) is 33.1 Å². The van der Waals surface area contributed by atoms with Crippen LogP contribution in [-0.2, 0) is 9.59 Å². The number of carbonyl (C=O) groups excluding carboxylic acids is 2. The molecule has 1 spiro atoms. The molecule has 2 aliphatic rings. The number of piperidine rings is 1. The van der Waals surface area contributed by atoms with Crippen LogP contribution in [0.3, 0.4) is 0 Å². The molecule has 4 heteroatoms. The van der Waals surface area contributed by atoms with E-state index >= 15 is 0 Å². The summed E-state index contributed by atoms with van der Waals surface area (Å²) in [6.45, 7) is 5.30. The number of rotatable bonds is 1. The normalized spacial score (nSPS) is 36.7. The van der Waals surface area contributed by atoms with Crippen molar-refractivity contribution in [2.75, 3.05) is 13.1 Å². The Morgan fingerprint density at radius 2 is 2.27 bits per heavy atom. The van der Waals surface area contributed by atoms with E-state index in [1.54, 1.807) is 0 Å². The Hall–Kier alpha value is -0.900. The van der Waals surface area contributed by atoms with E-state index in [2.05, 4.69) is 12.2 Å². The van der Waals surface area contributed by atoms with Gasteiger partial charge in [0.15, 0.2) is 0 Å². The van der Waals surface area contributed by atoms with Crippen LogP contribution in [0.5, 0.6) is 0 Å². The zero-order chi connectivity index (χ0) is 11.1. The SMILES string of the molecule is CCN1C(=O)CC2(CCNC(C)C2)C1=O. The number of carbonyl (C=O) groups is 2. The van der Waals surface area contributed by atoms with Gasteiger partial charge in [-0.05, 0) is 33.2 Å². The van der Waals surface area contributed by atoms with E-state index in [4.69, 9.17) is 0 Å². The Morgan fingerprint density at radius 3 is 2.80 bits per heavy atom. The van der Waals surface area contributed by atoms with Crippen molar-refractivity contribution in [3.8, 4) is 0 Å². The minimum atomic E-state index is -0.377. The highest BCUT2D eigenvalue weighted by Crippen LogP contribution is 2.41. The molecule has 84 valence electrons. The first kappa shape index (κ1) is 10.6. The standard InChI is InChI=1S/C11H18N2O2/c1-3-13-9(14)7-11(10(13)15)4-5-12-8(2)6-11/h8,12H,3-7H2,1-2H3. The van der Waals surface area contributed by atoms with Gasteiger partial charge in [0.05, 0.1) is 5.41 Å². The van der Waals surface area contributed by atoms with Crippen molar-refractivity contribution in [1.29, 1.82) is 0 Å². The Kier molecular flexibility index (Phi) is 2.54. The second-order valence-electron chi connectivity index (χ2n) is 4.71. The third kappa shape index (κ3) is 1.57. The Balaban J connectivity index is 2.22. The van der Waals surface area contributed by atoms with E-state index in [0.717, 1.165) is 19.4 Å². The maximum atomic E-state index is 12.1. The molecule has 2 amide bonds. The first-order valence-corrected chi connectivity index (χ1v) is 5.67. The smallest absolute Gasteiger partial charge is 0.236 e. The van der Waals surface area contributed by atoms with E-state index in [1.807, 2.05) is 6.92 Å². The number of hydrogen-bond donors (Lipinski definition) is 1. The van der Waals surface area contributed by atoms with Gasteiger partial charge in [-0.25, -0.2) is 0 Å². The van der Waals surface area contributed by atoms with E-state index in [0.29, 0.717) is 19.0 Å². The topological polar surface area (TPSA) is 49.4 Å². The van der Waals surface area contributed by atoms with Crippen LogP contribution >= 0.6 is 0 Å². The molecule has 2 fully saturated rings. The zero-order valence-electron chi connectivity index (χ0n) is 9.38. The van der Waals surface area contributed by atoms with E-state index < -0.39 is 0 Å². The van der Waals surface area contributed by atoms with Gasteiger partial charge in [0.25, 0.3) is 0 Å². The van der Waals surface area contributed by atoms with Gasteiger partial charge in [-0.1, -0.05) is 0 Å². The van der Waals surface area contributed by atoms with Crippen LogP contribution in [0, 0.1) is 5.41 Å². The van der Waals surface area contributed by atoms with Crippen molar-refractivity contribution in [1.82, 2.24) is 10.2 Å². The van der Waals surface area contributed by atoms with Crippen molar-refractivity contribution < 1.29 is 9.59 Å². The summed E-state index contributed by atoms with van der Waals surface area (Å²) in [5.74, 6) is 0.0694. The highest BCUT2D eigenvalue weighted by molar-refractivity contribution is 6.05. The molecule has 0 aromatic carbocycles. The molecule has 0 radical (unpaired) electrons. The van der Waals surface area contributed by atoms with Gasteiger partial charge in [-0.3, -0.25) is 14.5 Å². The fraction of sp³-hybridized carbons (Fsp3) is 0.818. The predicted octanol–water partition coefficient (Wildman–Crippen LogP) is 0.523. The van der Waals surface area contributed by atoms with Crippen LogP contribution in [-0.4, -0.2) is 35.8 Å². The van der Waals surface area contributed by atoms with Crippen molar-refractivity contribution in [3.63, 3.8) is 0 Å². The minimum absolute atomic E-state index is 0.0107. The Labute approximate surface area is 90.0 Å². The molecule has 0 aromatic rings. The quantitative estimate of drug-likeness (QED) is 0.642. The van der Waals surface area contributed by atoms with Gasteiger partial charge in [0, 0.05) is 19.0 Å². The van der Waals surface area contributed by atoms with Gasteiger partial charge in [-0.2, -0.15) is 0 Å². The zero-order valence-corrected chi connectivity index (χ0v) is 9.38. The van der Waals surface area contributed by atoms with E-state index in [9.17, 15) is 9.59 Å². The summed E-state index contributed by atoms with van der Waals surface area (Å²) < 4.78 is 0. The fourth-order valence-corrected chi connectivity index (χ4v) is 2.85.